The maximum atomic E-state index is 6.11. The summed E-state index contributed by atoms with van der Waals surface area (Å²) in [4.78, 5) is 0. The van der Waals surface area contributed by atoms with Gasteiger partial charge < -0.3 is 15.2 Å². The van der Waals surface area contributed by atoms with Crippen LogP contribution in [0.3, 0.4) is 0 Å². The van der Waals surface area contributed by atoms with E-state index < -0.39 is 0 Å². The highest BCUT2D eigenvalue weighted by Gasteiger charge is 2.20. The van der Waals surface area contributed by atoms with E-state index >= 15 is 0 Å². The van der Waals surface area contributed by atoms with Crippen molar-refractivity contribution in [1.29, 1.82) is 0 Å². The summed E-state index contributed by atoms with van der Waals surface area (Å²) in [5, 5.41) is 4.75. The molecule has 0 aliphatic carbocycles. The summed E-state index contributed by atoms with van der Waals surface area (Å²) < 4.78 is 12.5. The molecule has 5 nitrogen and oxygen atoms in total. The zero-order valence-corrected chi connectivity index (χ0v) is 12.2. The minimum Gasteiger partial charge on any atom is -0.383 e. The van der Waals surface area contributed by atoms with E-state index in [2.05, 4.69) is 5.10 Å². The first kappa shape index (κ1) is 15.4. The molecule has 0 aliphatic rings. The van der Waals surface area contributed by atoms with Gasteiger partial charge in [-0.25, -0.2) is 0 Å². The Hall–Kier alpha value is -0.620. The van der Waals surface area contributed by atoms with Gasteiger partial charge in [-0.1, -0.05) is 11.6 Å². The van der Waals surface area contributed by atoms with Gasteiger partial charge in [-0.05, 0) is 20.8 Å². The Morgan fingerprint density at radius 3 is 2.72 bits per heavy atom. The number of methoxy groups -OCH3 is 1. The molecule has 0 bridgehead atoms. The molecule has 1 aromatic rings. The van der Waals surface area contributed by atoms with E-state index in [1.807, 2.05) is 20.8 Å². The summed E-state index contributed by atoms with van der Waals surface area (Å²) in [5.74, 6) is 0. The second-order valence-electron chi connectivity index (χ2n) is 5.12. The summed E-state index contributed by atoms with van der Waals surface area (Å²) in [7, 11) is 1.65. The Morgan fingerprint density at radius 1 is 1.50 bits per heavy atom. The van der Waals surface area contributed by atoms with Crippen molar-refractivity contribution in [2.45, 2.75) is 39.0 Å². The van der Waals surface area contributed by atoms with Crippen LogP contribution in [0.1, 0.15) is 32.5 Å². The molecule has 1 aromatic heterocycles. The lowest BCUT2D eigenvalue weighted by Gasteiger charge is -2.23. The summed E-state index contributed by atoms with van der Waals surface area (Å²) >= 11 is 6.11. The molecule has 1 atom stereocenters. The maximum Gasteiger partial charge on any atom is 0.0835 e. The first-order valence-electron chi connectivity index (χ1n) is 5.95. The van der Waals surface area contributed by atoms with Crippen LogP contribution in [-0.4, -0.2) is 35.7 Å². The fourth-order valence-corrected chi connectivity index (χ4v) is 1.80. The molecule has 104 valence electrons. The summed E-state index contributed by atoms with van der Waals surface area (Å²) in [6, 6.07) is -0.295. The molecule has 0 aliphatic heterocycles. The van der Waals surface area contributed by atoms with Crippen LogP contribution in [0.15, 0.2) is 6.20 Å². The quantitative estimate of drug-likeness (QED) is 0.863. The molecule has 1 unspecified atom stereocenters. The van der Waals surface area contributed by atoms with Crippen LogP contribution in [0.2, 0.25) is 5.02 Å². The van der Waals surface area contributed by atoms with Gasteiger partial charge in [0.1, 0.15) is 0 Å². The highest BCUT2D eigenvalue weighted by Crippen LogP contribution is 2.22. The van der Waals surface area contributed by atoms with Gasteiger partial charge in [0.05, 0.1) is 48.3 Å². The van der Waals surface area contributed by atoms with E-state index in [1.54, 1.807) is 18.0 Å². The lowest BCUT2D eigenvalue weighted by atomic mass is 10.2. The van der Waals surface area contributed by atoms with Crippen LogP contribution in [0.4, 0.5) is 0 Å². The number of hydrogen-bond donors (Lipinski definition) is 1. The fraction of sp³-hybridized carbons (Fsp3) is 0.750. The number of halogens is 1. The minimum atomic E-state index is -0.295. The molecule has 0 saturated heterocycles. The molecule has 1 heterocycles. The van der Waals surface area contributed by atoms with Crippen LogP contribution in [-0.2, 0) is 16.0 Å². The van der Waals surface area contributed by atoms with Crippen molar-refractivity contribution in [2.24, 2.45) is 5.73 Å². The summed E-state index contributed by atoms with van der Waals surface area (Å²) in [6.45, 7) is 7.57. The average Bonchev–Trinajstić information content (AvgIpc) is 2.64. The van der Waals surface area contributed by atoms with Crippen molar-refractivity contribution >= 4 is 11.6 Å². The van der Waals surface area contributed by atoms with Gasteiger partial charge >= 0.3 is 0 Å². The topological polar surface area (TPSA) is 62.3 Å². The van der Waals surface area contributed by atoms with E-state index in [0.29, 0.717) is 24.8 Å². The van der Waals surface area contributed by atoms with Gasteiger partial charge in [-0.3, -0.25) is 4.68 Å². The Labute approximate surface area is 113 Å². The van der Waals surface area contributed by atoms with Gasteiger partial charge in [0.15, 0.2) is 0 Å². The van der Waals surface area contributed by atoms with E-state index in [0.717, 1.165) is 5.69 Å². The van der Waals surface area contributed by atoms with Crippen molar-refractivity contribution in [1.82, 2.24) is 9.78 Å². The van der Waals surface area contributed by atoms with Gasteiger partial charge in [-0.15, -0.1) is 0 Å². The Kier molecular flexibility index (Phi) is 5.59. The summed E-state index contributed by atoms with van der Waals surface area (Å²) in [6.07, 6.45) is 1.60. The normalized spacial score (nSPS) is 13.9. The Balaban J connectivity index is 2.71. The minimum absolute atomic E-state index is 0.221. The molecule has 6 heteroatoms. The van der Waals surface area contributed by atoms with Crippen LogP contribution in [0, 0.1) is 0 Å². The van der Waals surface area contributed by atoms with Crippen LogP contribution in [0.25, 0.3) is 0 Å². The molecule has 18 heavy (non-hydrogen) atoms. The predicted octanol–water partition coefficient (Wildman–Crippen LogP) is 2.00. The third-order valence-corrected chi connectivity index (χ3v) is 2.68. The first-order chi connectivity index (χ1) is 8.35. The van der Waals surface area contributed by atoms with Crippen molar-refractivity contribution in [2.75, 3.05) is 20.3 Å². The molecule has 0 spiro atoms. The van der Waals surface area contributed by atoms with Gasteiger partial charge in [0, 0.05) is 7.11 Å². The lowest BCUT2D eigenvalue weighted by molar-refractivity contribution is -0.0112. The van der Waals surface area contributed by atoms with E-state index in [-0.39, 0.29) is 11.6 Å². The fourth-order valence-electron chi connectivity index (χ4n) is 1.52. The van der Waals surface area contributed by atoms with Crippen molar-refractivity contribution in [3.63, 3.8) is 0 Å². The van der Waals surface area contributed by atoms with Gasteiger partial charge in [0.2, 0.25) is 0 Å². The molecule has 1 rings (SSSR count). The van der Waals surface area contributed by atoms with E-state index in [1.165, 1.54) is 0 Å². The maximum absolute atomic E-state index is 6.11. The van der Waals surface area contributed by atoms with Gasteiger partial charge in [0.25, 0.3) is 0 Å². The van der Waals surface area contributed by atoms with Crippen LogP contribution < -0.4 is 5.73 Å². The standard InChI is InChI=1S/C12H22ClN3O2/c1-12(2,3)18-8-10(14)11-9(13)7-15-16(11)5-6-17-4/h7,10H,5-6,8,14H2,1-4H3. The number of nitrogens with two attached hydrogens (primary N) is 1. The average molecular weight is 276 g/mol. The molecular weight excluding hydrogens is 254 g/mol. The Bertz CT molecular complexity index is 374. The second kappa shape index (κ2) is 6.52. The highest BCUT2D eigenvalue weighted by molar-refractivity contribution is 6.31. The van der Waals surface area contributed by atoms with Crippen molar-refractivity contribution in [3.05, 3.63) is 16.9 Å². The molecule has 0 amide bonds. The van der Waals surface area contributed by atoms with Crippen molar-refractivity contribution < 1.29 is 9.47 Å². The second-order valence-corrected chi connectivity index (χ2v) is 5.53. The SMILES string of the molecule is COCCn1ncc(Cl)c1C(N)COC(C)(C)C. The number of nitrogens with zero attached hydrogens (tertiary/aromatic N) is 2. The monoisotopic (exact) mass is 275 g/mol. The number of aromatic nitrogens is 2. The predicted molar refractivity (Wildman–Crippen MR) is 71.7 cm³/mol. The van der Waals surface area contributed by atoms with E-state index in [4.69, 9.17) is 26.8 Å². The highest BCUT2D eigenvalue weighted by atomic mass is 35.5. The molecule has 0 aromatic carbocycles. The van der Waals surface area contributed by atoms with E-state index in [9.17, 15) is 0 Å². The molecule has 2 N–H and O–H groups in total. The number of rotatable bonds is 6. The van der Waals surface area contributed by atoms with Crippen LogP contribution >= 0.6 is 11.6 Å². The van der Waals surface area contributed by atoms with Crippen molar-refractivity contribution in [3.8, 4) is 0 Å². The molecule has 0 radical (unpaired) electrons. The van der Waals surface area contributed by atoms with Gasteiger partial charge in [-0.2, -0.15) is 5.10 Å². The zero-order valence-electron chi connectivity index (χ0n) is 11.4. The summed E-state index contributed by atoms with van der Waals surface area (Å²) in [5.41, 5.74) is 6.68. The molecular formula is C12H22ClN3O2. The molecule has 0 fully saturated rings. The van der Waals surface area contributed by atoms with Crippen LogP contribution in [0.5, 0.6) is 0 Å². The lowest BCUT2D eigenvalue weighted by Crippen LogP contribution is -2.28. The first-order valence-corrected chi connectivity index (χ1v) is 6.32. The number of ether oxygens (including phenoxy) is 2. The number of hydrogen-bond acceptors (Lipinski definition) is 4. The third kappa shape index (κ3) is 4.57. The largest absolute Gasteiger partial charge is 0.383 e. The molecule has 0 saturated carbocycles. The smallest absolute Gasteiger partial charge is 0.0835 e. The zero-order chi connectivity index (χ0) is 13.8. The third-order valence-electron chi connectivity index (χ3n) is 2.39. The Morgan fingerprint density at radius 2 is 2.17 bits per heavy atom.